The molecular formula is C9H19F2NO. The van der Waals surface area contributed by atoms with Crippen molar-refractivity contribution in [1.29, 1.82) is 0 Å². The lowest BCUT2D eigenvalue weighted by Crippen LogP contribution is -2.31. The van der Waals surface area contributed by atoms with E-state index in [0.717, 1.165) is 12.8 Å². The summed E-state index contributed by atoms with van der Waals surface area (Å²) in [5.74, 6) is 0. The van der Waals surface area contributed by atoms with E-state index in [0.29, 0.717) is 19.2 Å². The molecule has 0 aliphatic carbocycles. The topological polar surface area (TPSA) is 21.3 Å². The Balaban J connectivity index is 3.14. The predicted octanol–water partition coefficient (Wildman–Crippen LogP) is 2.05. The third-order valence-corrected chi connectivity index (χ3v) is 1.91. The maximum absolute atomic E-state index is 11.6. The second kappa shape index (κ2) is 8.38. The quantitative estimate of drug-likeness (QED) is 0.598. The molecule has 13 heavy (non-hydrogen) atoms. The maximum Gasteiger partial charge on any atom is 0.261 e. The number of ether oxygens (including phenoxy) is 1. The lowest BCUT2D eigenvalue weighted by atomic mass is 10.2. The fourth-order valence-electron chi connectivity index (χ4n) is 1.08. The van der Waals surface area contributed by atoms with Crippen molar-refractivity contribution in [3.63, 3.8) is 0 Å². The van der Waals surface area contributed by atoms with E-state index < -0.39 is 13.0 Å². The summed E-state index contributed by atoms with van der Waals surface area (Å²) >= 11 is 0. The van der Waals surface area contributed by atoms with E-state index in [1.807, 2.05) is 0 Å². The SMILES string of the molecule is CCC(CC)NCCOCC(F)F. The van der Waals surface area contributed by atoms with Gasteiger partial charge in [-0.2, -0.15) is 0 Å². The van der Waals surface area contributed by atoms with Gasteiger partial charge in [0.1, 0.15) is 6.61 Å². The molecule has 0 aromatic carbocycles. The van der Waals surface area contributed by atoms with Crippen LogP contribution in [0, 0.1) is 0 Å². The molecule has 0 atom stereocenters. The fraction of sp³-hybridized carbons (Fsp3) is 1.00. The minimum Gasteiger partial charge on any atom is -0.374 e. The summed E-state index contributed by atoms with van der Waals surface area (Å²) in [6.45, 7) is 4.76. The molecule has 0 fully saturated rings. The summed E-state index contributed by atoms with van der Waals surface area (Å²) < 4.78 is 27.9. The molecular weight excluding hydrogens is 176 g/mol. The molecule has 0 unspecified atom stereocenters. The van der Waals surface area contributed by atoms with Crippen molar-refractivity contribution in [2.24, 2.45) is 0 Å². The lowest BCUT2D eigenvalue weighted by Gasteiger charge is -2.14. The van der Waals surface area contributed by atoms with E-state index in [1.54, 1.807) is 0 Å². The molecule has 1 N–H and O–H groups in total. The van der Waals surface area contributed by atoms with Crippen molar-refractivity contribution in [1.82, 2.24) is 5.32 Å². The van der Waals surface area contributed by atoms with E-state index in [1.165, 1.54) is 0 Å². The summed E-state index contributed by atoms with van der Waals surface area (Å²) in [6.07, 6.45) is -0.232. The highest BCUT2D eigenvalue weighted by Gasteiger charge is 2.03. The molecule has 4 heteroatoms. The van der Waals surface area contributed by atoms with Gasteiger partial charge in [-0.05, 0) is 12.8 Å². The second-order valence-electron chi connectivity index (χ2n) is 2.93. The van der Waals surface area contributed by atoms with Gasteiger partial charge in [0.15, 0.2) is 0 Å². The van der Waals surface area contributed by atoms with E-state index in [4.69, 9.17) is 4.74 Å². The van der Waals surface area contributed by atoms with Crippen molar-refractivity contribution in [3.8, 4) is 0 Å². The van der Waals surface area contributed by atoms with Gasteiger partial charge in [-0.3, -0.25) is 0 Å². The highest BCUT2D eigenvalue weighted by Crippen LogP contribution is 1.95. The third kappa shape index (κ3) is 8.12. The molecule has 0 aromatic rings. The van der Waals surface area contributed by atoms with Gasteiger partial charge in [0.25, 0.3) is 6.43 Å². The zero-order chi connectivity index (χ0) is 10.1. The van der Waals surface area contributed by atoms with E-state index >= 15 is 0 Å². The molecule has 0 aliphatic heterocycles. The predicted molar refractivity (Wildman–Crippen MR) is 49.2 cm³/mol. The van der Waals surface area contributed by atoms with Crippen LogP contribution in [-0.2, 0) is 4.74 Å². The van der Waals surface area contributed by atoms with Crippen LogP contribution in [0.4, 0.5) is 8.78 Å². The molecule has 0 aromatic heterocycles. The van der Waals surface area contributed by atoms with Crippen LogP contribution in [0.25, 0.3) is 0 Å². The first kappa shape index (κ1) is 12.8. The molecule has 0 spiro atoms. The molecule has 80 valence electrons. The minimum absolute atomic E-state index is 0.362. The number of hydrogen-bond acceptors (Lipinski definition) is 2. The van der Waals surface area contributed by atoms with Gasteiger partial charge in [-0.15, -0.1) is 0 Å². The van der Waals surface area contributed by atoms with Crippen molar-refractivity contribution in [2.75, 3.05) is 19.8 Å². The van der Waals surface area contributed by atoms with Crippen LogP contribution in [0.2, 0.25) is 0 Å². The average molecular weight is 195 g/mol. The van der Waals surface area contributed by atoms with Gasteiger partial charge in [-0.25, -0.2) is 8.78 Å². The standard InChI is InChI=1S/C9H19F2NO/c1-3-8(4-2)12-5-6-13-7-9(10)11/h8-9,12H,3-7H2,1-2H3. The first-order valence-electron chi connectivity index (χ1n) is 4.79. The minimum atomic E-state index is -2.35. The van der Waals surface area contributed by atoms with Crippen LogP contribution in [-0.4, -0.2) is 32.2 Å². The average Bonchev–Trinajstić information content (AvgIpc) is 2.11. The van der Waals surface area contributed by atoms with Crippen LogP contribution in [0.15, 0.2) is 0 Å². The Kier molecular flexibility index (Phi) is 8.24. The Labute approximate surface area is 78.7 Å². The number of halogens is 2. The van der Waals surface area contributed by atoms with Gasteiger partial charge in [0.05, 0.1) is 6.61 Å². The first-order valence-corrected chi connectivity index (χ1v) is 4.79. The van der Waals surface area contributed by atoms with Crippen LogP contribution < -0.4 is 5.32 Å². The van der Waals surface area contributed by atoms with Crippen molar-refractivity contribution < 1.29 is 13.5 Å². The normalized spacial score (nSPS) is 11.5. The molecule has 0 amide bonds. The largest absolute Gasteiger partial charge is 0.374 e. The Morgan fingerprint density at radius 1 is 1.23 bits per heavy atom. The molecule has 0 heterocycles. The molecule has 0 aliphatic rings. The van der Waals surface area contributed by atoms with Crippen molar-refractivity contribution in [2.45, 2.75) is 39.2 Å². The van der Waals surface area contributed by atoms with Crippen LogP contribution in [0.1, 0.15) is 26.7 Å². The summed E-state index contributed by atoms with van der Waals surface area (Å²) in [5.41, 5.74) is 0. The van der Waals surface area contributed by atoms with Gasteiger partial charge < -0.3 is 10.1 Å². The summed E-state index contributed by atoms with van der Waals surface area (Å²) in [4.78, 5) is 0. The van der Waals surface area contributed by atoms with Crippen LogP contribution in [0.5, 0.6) is 0 Å². The lowest BCUT2D eigenvalue weighted by molar-refractivity contribution is 0.0181. The molecule has 0 bridgehead atoms. The zero-order valence-corrected chi connectivity index (χ0v) is 8.35. The van der Waals surface area contributed by atoms with Gasteiger partial charge in [-0.1, -0.05) is 13.8 Å². The van der Waals surface area contributed by atoms with E-state index in [9.17, 15) is 8.78 Å². The van der Waals surface area contributed by atoms with E-state index in [-0.39, 0.29) is 0 Å². The van der Waals surface area contributed by atoms with E-state index in [2.05, 4.69) is 19.2 Å². The van der Waals surface area contributed by atoms with Gasteiger partial charge in [0.2, 0.25) is 0 Å². The monoisotopic (exact) mass is 195 g/mol. The Bertz CT molecular complexity index is 108. The second-order valence-corrected chi connectivity index (χ2v) is 2.93. The summed E-state index contributed by atoms with van der Waals surface area (Å²) in [6, 6.07) is 0.482. The molecule has 0 saturated carbocycles. The number of alkyl halides is 2. The Morgan fingerprint density at radius 3 is 2.31 bits per heavy atom. The van der Waals surface area contributed by atoms with Gasteiger partial charge in [0, 0.05) is 12.6 Å². The Hall–Kier alpha value is -0.220. The third-order valence-electron chi connectivity index (χ3n) is 1.91. The number of rotatable bonds is 8. The summed E-state index contributed by atoms with van der Waals surface area (Å²) in [5, 5.41) is 3.22. The fourth-order valence-corrected chi connectivity index (χ4v) is 1.08. The molecule has 2 nitrogen and oxygen atoms in total. The highest BCUT2D eigenvalue weighted by atomic mass is 19.3. The summed E-state index contributed by atoms with van der Waals surface area (Å²) in [7, 11) is 0. The van der Waals surface area contributed by atoms with Gasteiger partial charge >= 0.3 is 0 Å². The zero-order valence-electron chi connectivity index (χ0n) is 8.35. The van der Waals surface area contributed by atoms with Crippen LogP contribution in [0.3, 0.4) is 0 Å². The number of nitrogens with one attached hydrogen (secondary N) is 1. The van der Waals surface area contributed by atoms with Crippen molar-refractivity contribution in [3.05, 3.63) is 0 Å². The van der Waals surface area contributed by atoms with Crippen molar-refractivity contribution >= 4 is 0 Å². The Morgan fingerprint density at radius 2 is 1.85 bits per heavy atom. The number of hydrogen-bond donors (Lipinski definition) is 1. The smallest absolute Gasteiger partial charge is 0.261 e. The first-order chi connectivity index (χ1) is 6.20. The molecule has 0 radical (unpaired) electrons. The maximum atomic E-state index is 11.6. The molecule has 0 rings (SSSR count). The molecule has 0 saturated heterocycles. The van der Waals surface area contributed by atoms with Crippen LogP contribution >= 0.6 is 0 Å². The highest BCUT2D eigenvalue weighted by molar-refractivity contribution is 4.61.